The molecule has 128 valence electrons. The Bertz CT molecular complexity index is 999. The fraction of sp³-hybridized carbons (Fsp3) is 0.111. The van der Waals surface area contributed by atoms with Crippen LogP contribution in [0.1, 0.15) is 15.9 Å². The van der Waals surface area contributed by atoms with Gasteiger partial charge in [-0.05, 0) is 41.3 Å². The lowest BCUT2D eigenvalue weighted by Gasteiger charge is -2.08. The number of carbonyl (C=O) groups excluding carboxylic acids is 1. The molecule has 1 unspecified atom stereocenters. The zero-order chi connectivity index (χ0) is 17.8. The van der Waals surface area contributed by atoms with Gasteiger partial charge in [0.05, 0.1) is 0 Å². The van der Waals surface area contributed by atoms with Crippen molar-refractivity contribution in [3.8, 4) is 0 Å². The molecule has 25 heavy (non-hydrogen) atoms. The molecule has 0 spiro atoms. The molecule has 2 aromatic carbocycles. The molecule has 0 aliphatic carbocycles. The number of hydrogen-bond donors (Lipinski definition) is 2. The van der Waals surface area contributed by atoms with Crippen molar-refractivity contribution < 1.29 is 13.6 Å². The Balaban J connectivity index is 1.80. The third kappa shape index (κ3) is 3.84. The third-order valence-electron chi connectivity index (χ3n) is 3.83. The maximum Gasteiger partial charge on any atom is 0.256 e. The molecular weight excluding hydrogens is 340 g/mol. The maximum absolute atomic E-state index is 12.5. The molecule has 0 bridgehead atoms. The zero-order valence-electron chi connectivity index (χ0n) is 13.2. The SMILES string of the molecule is O=C(NCCc1ccccc1)c1c[nH]c2ccc(S(=O)[O-])cc2c1=O. The van der Waals surface area contributed by atoms with Gasteiger partial charge in [0.1, 0.15) is 5.56 Å². The van der Waals surface area contributed by atoms with Crippen LogP contribution in [0.25, 0.3) is 10.9 Å². The van der Waals surface area contributed by atoms with Crippen molar-refractivity contribution in [2.75, 3.05) is 6.54 Å². The van der Waals surface area contributed by atoms with Gasteiger partial charge in [0.25, 0.3) is 5.91 Å². The van der Waals surface area contributed by atoms with Gasteiger partial charge in [-0.2, -0.15) is 0 Å². The van der Waals surface area contributed by atoms with Gasteiger partial charge in [-0.25, -0.2) is 0 Å². The van der Waals surface area contributed by atoms with Crippen molar-refractivity contribution in [1.82, 2.24) is 10.3 Å². The average molecular weight is 355 g/mol. The van der Waals surface area contributed by atoms with Crippen LogP contribution in [0.4, 0.5) is 0 Å². The molecule has 1 amide bonds. The van der Waals surface area contributed by atoms with E-state index in [2.05, 4.69) is 10.3 Å². The second-order valence-corrected chi connectivity index (χ2v) is 6.41. The standard InChI is InChI=1S/C18H16N2O4S/c21-17-14-10-13(25(23)24)6-7-16(14)20-11-15(17)18(22)19-9-8-12-4-2-1-3-5-12/h1-7,10-11H,8-9H2,(H,19,22)(H,20,21)(H,23,24)/p-1. The van der Waals surface area contributed by atoms with Crippen LogP contribution in [0.15, 0.2) is 64.4 Å². The zero-order valence-corrected chi connectivity index (χ0v) is 14.0. The van der Waals surface area contributed by atoms with Crippen molar-refractivity contribution in [3.63, 3.8) is 0 Å². The number of rotatable bonds is 5. The molecule has 7 heteroatoms. The van der Waals surface area contributed by atoms with E-state index in [-0.39, 0.29) is 15.8 Å². The molecule has 0 radical (unpaired) electrons. The first-order valence-electron chi connectivity index (χ1n) is 7.63. The van der Waals surface area contributed by atoms with Crippen LogP contribution in [0, 0.1) is 0 Å². The summed E-state index contributed by atoms with van der Waals surface area (Å²) in [6.45, 7) is 0.394. The van der Waals surface area contributed by atoms with Gasteiger partial charge in [-0.15, -0.1) is 0 Å². The Morgan fingerprint density at radius 2 is 1.92 bits per heavy atom. The van der Waals surface area contributed by atoms with E-state index in [1.165, 1.54) is 24.4 Å². The minimum absolute atomic E-state index is 0.000337. The van der Waals surface area contributed by atoms with Crippen molar-refractivity contribution in [2.24, 2.45) is 0 Å². The monoisotopic (exact) mass is 355 g/mol. The number of aromatic amines is 1. The molecule has 0 fully saturated rings. The van der Waals surface area contributed by atoms with E-state index in [1.54, 1.807) is 0 Å². The summed E-state index contributed by atoms with van der Waals surface area (Å²) in [6.07, 6.45) is 1.99. The van der Waals surface area contributed by atoms with Gasteiger partial charge in [0.2, 0.25) is 5.43 Å². The number of nitrogens with one attached hydrogen (secondary N) is 2. The summed E-state index contributed by atoms with van der Waals surface area (Å²) < 4.78 is 22.1. The minimum atomic E-state index is -2.44. The summed E-state index contributed by atoms with van der Waals surface area (Å²) in [7, 11) is 0. The molecule has 3 aromatic rings. The van der Waals surface area contributed by atoms with E-state index in [9.17, 15) is 18.4 Å². The summed E-state index contributed by atoms with van der Waals surface area (Å²) in [4.78, 5) is 27.6. The Hall–Kier alpha value is -2.77. The highest BCUT2D eigenvalue weighted by atomic mass is 32.2. The van der Waals surface area contributed by atoms with Crippen LogP contribution in [0.3, 0.4) is 0 Å². The van der Waals surface area contributed by atoms with Gasteiger partial charge in [-0.1, -0.05) is 30.3 Å². The molecule has 3 rings (SSSR count). The van der Waals surface area contributed by atoms with Gasteiger partial charge >= 0.3 is 0 Å². The molecule has 0 aliphatic rings. The van der Waals surface area contributed by atoms with E-state index >= 15 is 0 Å². The highest BCUT2D eigenvalue weighted by Crippen LogP contribution is 2.13. The lowest BCUT2D eigenvalue weighted by molar-refractivity contribution is 0.0953. The lowest BCUT2D eigenvalue weighted by Crippen LogP contribution is -2.30. The van der Waals surface area contributed by atoms with E-state index in [4.69, 9.17) is 0 Å². The molecule has 0 saturated carbocycles. The number of hydrogen-bond acceptors (Lipinski definition) is 4. The summed E-state index contributed by atoms with van der Waals surface area (Å²) in [6, 6.07) is 13.8. The average Bonchev–Trinajstić information content (AvgIpc) is 2.62. The Morgan fingerprint density at radius 1 is 1.16 bits per heavy atom. The summed E-state index contributed by atoms with van der Waals surface area (Å²) in [5.74, 6) is -0.493. The van der Waals surface area contributed by atoms with Crippen LogP contribution >= 0.6 is 0 Å². The molecule has 6 nitrogen and oxygen atoms in total. The van der Waals surface area contributed by atoms with Gasteiger partial charge in [0, 0.05) is 28.5 Å². The highest BCUT2D eigenvalue weighted by Gasteiger charge is 2.13. The smallest absolute Gasteiger partial charge is 0.256 e. The molecular formula is C18H15N2O4S-. The van der Waals surface area contributed by atoms with Crippen molar-refractivity contribution >= 4 is 27.9 Å². The van der Waals surface area contributed by atoms with Crippen LogP contribution in [-0.4, -0.2) is 26.2 Å². The molecule has 0 aliphatic heterocycles. The molecule has 0 saturated heterocycles. The Morgan fingerprint density at radius 3 is 2.64 bits per heavy atom. The first kappa shape index (κ1) is 17.1. The van der Waals surface area contributed by atoms with E-state index in [0.29, 0.717) is 18.5 Å². The van der Waals surface area contributed by atoms with Crippen LogP contribution < -0.4 is 10.7 Å². The summed E-state index contributed by atoms with van der Waals surface area (Å²) in [5, 5.41) is 2.87. The van der Waals surface area contributed by atoms with Gasteiger partial charge in [-0.3, -0.25) is 13.8 Å². The van der Waals surface area contributed by atoms with Crippen LogP contribution in [0.2, 0.25) is 0 Å². The van der Waals surface area contributed by atoms with Gasteiger partial charge in [0.15, 0.2) is 0 Å². The first-order chi connectivity index (χ1) is 12.1. The predicted molar refractivity (Wildman–Crippen MR) is 94.2 cm³/mol. The normalized spacial score (nSPS) is 12.0. The van der Waals surface area contributed by atoms with Crippen molar-refractivity contribution in [1.29, 1.82) is 0 Å². The largest absolute Gasteiger partial charge is 0.768 e. The fourth-order valence-electron chi connectivity index (χ4n) is 2.53. The van der Waals surface area contributed by atoms with E-state index in [1.807, 2.05) is 30.3 Å². The van der Waals surface area contributed by atoms with Crippen molar-refractivity contribution in [2.45, 2.75) is 11.3 Å². The lowest BCUT2D eigenvalue weighted by atomic mass is 10.1. The number of amides is 1. The number of benzene rings is 2. The summed E-state index contributed by atoms with van der Waals surface area (Å²) in [5.41, 5.74) is 1.01. The fourth-order valence-corrected chi connectivity index (χ4v) is 2.92. The Labute approximate surface area is 146 Å². The number of pyridine rings is 1. The van der Waals surface area contributed by atoms with Crippen LogP contribution in [-0.2, 0) is 17.5 Å². The quantitative estimate of drug-likeness (QED) is 0.681. The number of aromatic nitrogens is 1. The predicted octanol–water partition coefficient (Wildman–Crippen LogP) is 1.74. The topological polar surface area (TPSA) is 102 Å². The molecule has 1 aromatic heterocycles. The first-order valence-corrected chi connectivity index (χ1v) is 8.70. The second-order valence-electron chi connectivity index (χ2n) is 5.47. The van der Waals surface area contributed by atoms with Gasteiger partial charge < -0.3 is 14.9 Å². The van der Waals surface area contributed by atoms with E-state index < -0.39 is 22.4 Å². The second kappa shape index (κ2) is 7.42. The number of carbonyl (C=O) groups is 1. The number of fused-ring (bicyclic) bond motifs is 1. The van der Waals surface area contributed by atoms with E-state index in [0.717, 1.165) is 5.56 Å². The minimum Gasteiger partial charge on any atom is -0.768 e. The highest BCUT2D eigenvalue weighted by molar-refractivity contribution is 7.79. The number of H-pyrrole nitrogens is 1. The third-order valence-corrected chi connectivity index (χ3v) is 4.47. The molecule has 1 atom stereocenters. The molecule has 2 N–H and O–H groups in total. The summed E-state index contributed by atoms with van der Waals surface area (Å²) >= 11 is -2.44. The van der Waals surface area contributed by atoms with Crippen molar-refractivity contribution in [3.05, 3.63) is 76.1 Å². The molecule has 1 heterocycles. The maximum atomic E-state index is 12.5. The Kier molecular flexibility index (Phi) is 5.06. The van der Waals surface area contributed by atoms with Crippen LogP contribution in [0.5, 0.6) is 0 Å².